The summed E-state index contributed by atoms with van der Waals surface area (Å²) < 4.78 is 3.57. The standard InChI is InChI=1S/C13H13N3O/c1-9-4-3-5-11-10(8-9)12(17)15(2)13-14-6-7-16(11)13/h3-4,6-8H,5H2,1-2H3. The Morgan fingerprint density at radius 1 is 1.41 bits per heavy atom. The van der Waals surface area contributed by atoms with Gasteiger partial charge in [-0.05, 0) is 13.0 Å². The molecule has 0 bridgehead atoms. The summed E-state index contributed by atoms with van der Waals surface area (Å²) in [7, 11) is 1.76. The lowest BCUT2D eigenvalue weighted by Gasteiger charge is -2.09. The van der Waals surface area contributed by atoms with E-state index in [9.17, 15) is 4.79 Å². The van der Waals surface area contributed by atoms with Crippen LogP contribution in [-0.4, -0.2) is 14.0 Å². The van der Waals surface area contributed by atoms with Crippen molar-refractivity contribution in [3.63, 3.8) is 0 Å². The van der Waals surface area contributed by atoms with Gasteiger partial charge >= 0.3 is 0 Å². The summed E-state index contributed by atoms with van der Waals surface area (Å²) in [6.45, 7) is 2.00. The third-order valence-corrected chi connectivity index (χ3v) is 3.12. The molecule has 2 aromatic rings. The van der Waals surface area contributed by atoms with E-state index in [2.05, 4.69) is 11.1 Å². The van der Waals surface area contributed by atoms with Crippen LogP contribution in [0.5, 0.6) is 0 Å². The maximum Gasteiger partial charge on any atom is 0.262 e. The van der Waals surface area contributed by atoms with E-state index < -0.39 is 0 Å². The fraction of sp³-hybridized carbons (Fsp3) is 0.231. The van der Waals surface area contributed by atoms with Crippen molar-refractivity contribution < 1.29 is 0 Å². The number of aryl methyl sites for hydroxylation is 1. The maximum absolute atomic E-state index is 12.3. The van der Waals surface area contributed by atoms with Gasteiger partial charge in [-0.25, -0.2) is 4.98 Å². The molecular weight excluding hydrogens is 214 g/mol. The predicted molar refractivity (Wildman–Crippen MR) is 66.9 cm³/mol. The molecule has 0 radical (unpaired) electrons. The van der Waals surface area contributed by atoms with Crippen molar-refractivity contribution >= 4 is 11.9 Å². The van der Waals surface area contributed by atoms with Crippen molar-refractivity contribution in [3.05, 3.63) is 51.7 Å². The van der Waals surface area contributed by atoms with Crippen molar-refractivity contribution in [2.24, 2.45) is 7.05 Å². The molecular formula is C13H13N3O. The molecule has 0 atom stereocenters. The van der Waals surface area contributed by atoms with Gasteiger partial charge in [-0.15, -0.1) is 0 Å². The number of hydrogen-bond donors (Lipinski definition) is 0. The van der Waals surface area contributed by atoms with E-state index in [1.807, 2.05) is 29.7 Å². The fourth-order valence-corrected chi connectivity index (χ4v) is 2.26. The summed E-state index contributed by atoms with van der Waals surface area (Å²) in [5.41, 5.74) is 2.89. The van der Waals surface area contributed by atoms with Crippen molar-refractivity contribution in [3.8, 4) is 0 Å². The molecule has 17 heavy (non-hydrogen) atoms. The number of allylic oxidation sites excluding steroid dienone is 3. The second-order valence-corrected chi connectivity index (χ2v) is 4.32. The summed E-state index contributed by atoms with van der Waals surface area (Å²) in [6.07, 6.45) is 10.4. The van der Waals surface area contributed by atoms with Gasteiger partial charge in [0.1, 0.15) is 0 Å². The van der Waals surface area contributed by atoms with Crippen molar-refractivity contribution in [1.29, 1.82) is 0 Å². The van der Waals surface area contributed by atoms with Crippen LogP contribution >= 0.6 is 0 Å². The Balaban J connectivity index is 2.51. The summed E-state index contributed by atoms with van der Waals surface area (Å²) >= 11 is 0. The first-order valence-electron chi connectivity index (χ1n) is 5.58. The molecule has 0 saturated heterocycles. The minimum atomic E-state index is 0.0155. The van der Waals surface area contributed by atoms with Crippen molar-refractivity contribution in [2.75, 3.05) is 0 Å². The number of aromatic nitrogens is 3. The largest absolute Gasteiger partial charge is 0.288 e. The van der Waals surface area contributed by atoms with Gasteiger partial charge < -0.3 is 0 Å². The second kappa shape index (κ2) is 3.45. The van der Waals surface area contributed by atoms with Crippen LogP contribution in [0.2, 0.25) is 0 Å². The molecule has 0 aliphatic heterocycles. The minimum Gasteiger partial charge on any atom is -0.288 e. The first-order valence-corrected chi connectivity index (χ1v) is 5.58. The average Bonchev–Trinajstić information content (AvgIpc) is 2.70. The molecule has 3 rings (SSSR count). The Bertz CT molecular complexity index is 716. The third kappa shape index (κ3) is 1.37. The first kappa shape index (κ1) is 10.1. The van der Waals surface area contributed by atoms with Crippen LogP contribution in [0.25, 0.3) is 11.9 Å². The molecule has 0 N–H and O–H groups in total. The van der Waals surface area contributed by atoms with Gasteiger partial charge in [0.2, 0.25) is 5.78 Å². The maximum atomic E-state index is 12.3. The zero-order chi connectivity index (χ0) is 12.0. The van der Waals surface area contributed by atoms with Gasteiger partial charge in [-0.1, -0.05) is 17.7 Å². The van der Waals surface area contributed by atoms with E-state index in [1.165, 1.54) is 0 Å². The molecule has 0 saturated carbocycles. The third-order valence-electron chi connectivity index (χ3n) is 3.12. The Labute approximate surface area is 98.5 Å². The van der Waals surface area contributed by atoms with Gasteiger partial charge in [0.05, 0.1) is 5.56 Å². The lowest BCUT2D eigenvalue weighted by molar-refractivity contribution is 0.817. The molecule has 2 aromatic heterocycles. The monoisotopic (exact) mass is 227 g/mol. The normalized spacial score (nSPS) is 14.6. The quantitative estimate of drug-likeness (QED) is 0.685. The highest BCUT2D eigenvalue weighted by atomic mass is 16.1. The van der Waals surface area contributed by atoms with Crippen LogP contribution in [0.15, 0.2) is 34.9 Å². The summed E-state index contributed by atoms with van der Waals surface area (Å²) in [5.74, 6) is 0.690. The van der Waals surface area contributed by atoms with E-state index in [4.69, 9.17) is 0 Å². The minimum absolute atomic E-state index is 0.0155. The van der Waals surface area contributed by atoms with Crippen LogP contribution in [0, 0.1) is 0 Å². The lowest BCUT2D eigenvalue weighted by atomic mass is 10.1. The highest BCUT2D eigenvalue weighted by Crippen LogP contribution is 2.16. The molecule has 4 nitrogen and oxygen atoms in total. The first-order chi connectivity index (χ1) is 8.18. The average molecular weight is 227 g/mol. The Hall–Kier alpha value is -2.10. The van der Waals surface area contributed by atoms with E-state index in [-0.39, 0.29) is 5.56 Å². The van der Waals surface area contributed by atoms with Gasteiger partial charge in [-0.2, -0.15) is 0 Å². The molecule has 86 valence electrons. The summed E-state index contributed by atoms with van der Waals surface area (Å²) in [5, 5.41) is 0. The molecule has 0 fully saturated rings. The molecule has 0 spiro atoms. The molecule has 0 unspecified atom stereocenters. The van der Waals surface area contributed by atoms with Gasteiger partial charge in [0.25, 0.3) is 5.56 Å². The second-order valence-electron chi connectivity index (χ2n) is 4.32. The highest BCUT2D eigenvalue weighted by molar-refractivity contribution is 5.60. The zero-order valence-corrected chi connectivity index (χ0v) is 9.84. The van der Waals surface area contributed by atoms with Gasteiger partial charge in [0, 0.05) is 31.6 Å². The number of fused-ring (bicyclic) bond motifs is 3. The topological polar surface area (TPSA) is 39.3 Å². The fourth-order valence-electron chi connectivity index (χ4n) is 2.26. The van der Waals surface area contributed by atoms with Gasteiger partial charge in [0.15, 0.2) is 0 Å². The Kier molecular flexibility index (Phi) is 2.04. The van der Waals surface area contributed by atoms with Crippen molar-refractivity contribution in [1.82, 2.24) is 14.0 Å². The van der Waals surface area contributed by atoms with Crippen LogP contribution in [0.3, 0.4) is 0 Å². The molecule has 2 heterocycles. The van der Waals surface area contributed by atoms with E-state index in [0.717, 1.165) is 23.3 Å². The number of imidazole rings is 1. The number of rotatable bonds is 0. The van der Waals surface area contributed by atoms with Crippen LogP contribution < -0.4 is 5.56 Å². The Morgan fingerprint density at radius 2 is 2.24 bits per heavy atom. The van der Waals surface area contributed by atoms with Crippen molar-refractivity contribution in [2.45, 2.75) is 13.3 Å². The summed E-state index contributed by atoms with van der Waals surface area (Å²) in [6, 6.07) is 0. The van der Waals surface area contributed by atoms with Crippen LogP contribution in [-0.2, 0) is 13.5 Å². The highest BCUT2D eigenvalue weighted by Gasteiger charge is 2.14. The predicted octanol–water partition coefficient (Wildman–Crippen LogP) is 1.55. The van der Waals surface area contributed by atoms with Gasteiger partial charge in [-0.3, -0.25) is 13.8 Å². The zero-order valence-electron chi connectivity index (χ0n) is 9.84. The van der Waals surface area contributed by atoms with E-state index in [0.29, 0.717) is 5.78 Å². The molecule has 1 aliphatic rings. The van der Waals surface area contributed by atoms with Crippen LogP contribution in [0.4, 0.5) is 0 Å². The van der Waals surface area contributed by atoms with Crippen LogP contribution in [0.1, 0.15) is 18.2 Å². The van der Waals surface area contributed by atoms with E-state index >= 15 is 0 Å². The lowest BCUT2D eigenvalue weighted by Crippen LogP contribution is -2.24. The molecule has 0 aromatic carbocycles. The van der Waals surface area contributed by atoms with E-state index in [1.54, 1.807) is 17.8 Å². The molecule has 0 amide bonds. The number of nitrogens with zero attached hydrogens (tertiary/aromatic N) is 3. The summed E-state index contributed by atoms with van der Waals surface area (Å²) in [4.78, 5) is 16.5. The molecule has 4 heteroatoms. The SMILES string of the molecule is CC1=Cc2c(n3ccnc3n(C)c2=O)CC=C1. The number of hydrogen-bond acceptors (Lipinski definition) is 2. The smallest absolute Gasteiger partial charge is 0.262 e. The Morgan fingerprint density at radius 3 is 3.06 bits per heavy atom. The molecule has 1 aliphatic carbocycles.